The number of phenolic OH excluding ortho intramolecular Hbond substituents is 1. The summed E-state index contributed by atoms with van der Waals surface area (Å²) in [6.07, 6.45) is 9.95. The zero-order valence-corrected chi connectivity index (χ0v) is 18.0. The second-order valence-electron chi connectivity index (χ2n) is 9.93. The van der Waals surface area contributed by atoms with Gasteiger partial charge in [-0.1, -0.05) is 48.6 Å². The zero-order valence-electron chi connectivity index (χ0n) is 18.0. The van der Waals surface area contributed by atoms with E-state index in [1.807, 2.05) is 6.08 Å². The van der Waals surface area contributed by atoms with Gasteiger partial charge in [0.2, 0.25) is 0 Å². The Balaban J connectivity index is 1.24. The maximum atomic E-state index is 10.8. The fourth-order valence-electron chi connectivity index (χ4n) is 6.99. The second-order valence-corrected chi connectivity index (χ2v) is 9.93. The summed E-state index contributed by atoms with van der Waals surface area (Å²) in [5.41, 5.74) is 3.66. The van der Waals surface area contributed by atoms with Crippen LogP contribution in [0.5, 0.6) is 11.5 Å². The summed E-state index contributed by atoms with van der Waals surface area (Å²) in [6.45, 7) is 3.14. The minimum absolute atomic E-state index is 0.0272. The fourth-order valence-corrected chi connectivity index (χ4v) is 6.99. The van der Waals surface area contributed by atoms with E-state index in [1.54, 1.807) is 6.07 Å². The SMILES string of the molecule is Oc1ccc2c3c1O[C@H]1[C@@H](O)C=CC4(CC2)CN(CCCCc2ccccc2)CCC314. The van der Waals surface area contributed by atoms with E-state index in [0.717, 1.165) is 45.3 Å². The van der Waals surface area contributed by atoms with E-state index in [4.69, 9.17) is 4.74 Å². The molecule has 0 saturated carbocycles. The molecule has 162 valence electrons. The summed E-state index contributed by atoms with van der Waals surface area (Å²) >= 11 is 0. The van der Waals surface area contributed by atoms with Crippen molar-refractivity contribution >= 4 is 0 Å². The molecule has 2 heterocycles. The molecule has 2 aliphatic carbocycles. The highest BCUT2D eigenvalue weighted by Crippen LogP contribution is 2.66. The lowest BCUT2D eigenvalue weighted by molar-refractivity contribution is -0.0741. The van der Waals surface area contributed by atoms with Crippen molar-refractivity contribution < 1.29 is 14.9 Å². The number of phenols is 1. The van der Waals surface area contributed by atoms with E-state index in [0.29, 0.717) is 5.75 Å². The molecule has 0 aromatic heterocycles. The van der Waals surface area contributed by atoms with Crippen LogP contribution < -0.4 is 4.74 Å². The number of nitrogens with zero attached hydrogens (tertiary/aromatic N) is 1. The molecule has 4 nitrogen and oxygen atoms in total. The topological polar surface area (TPSA) is 52.9 Å². The Labute approximate surface area is 184 Å². The summed E-state index contributed by atoms with van der Waals surface area (Å²) in [7, 11) is 0. The first-order valence-corrected chi connectivity index (χ1v) is 11.8. The van der Waals surface area contributed by atoms with Crippen molar-refractivity contribution in [1.82, 2.24) is 4.90 Å². The molecule has 2 unspecified atom stereocenters. The third-order valence-corrected chi connectivity index (χ3v) is 8.41. The van der Waals surface area contributed by atoms with Gasteiger partial charge in [-0.15, -0.1) is 0 Å². The molecule has 0 amide bonds. The van der Waals surface area contributed by atoms with Crippen molar-refractivity contribution in [2.45, 2.75) is 56.1 Å². The minimum atomic E-state index is -0.622. The van der Waals surface area contributed by atoms with Crippen LogP contribution in [0.4, 0.5) is 0 Å². The number of hydrogen-bond acceptors (Lipinski definition) is 4. The summed E-state index contributed by atoms with van der Waals surface area (Å²) < 4.78 is 6.31. The summed E-state index contributed by atoms with van der Waals surface area (Å²) in [5.74, 6) is 0.847. The van der Waals surface area contributed by atoms with Crippen LogP contribution in [0.1, 0.15) is 42.4 Å². The molecule has 2 aromatic carbocycles. The molecule has 1 saturated heterocycles. The smallest absolute Gasteiger partial charge is 0.165 e. The Kier molecular flexibility index (Phi) is 4.45. The number of likely N-dealkylation sites (tertiary alicyclic amines) is 1. The van der Waals surface area contributed by atoms with Crippen LogP contribution in [-0.2, 0) is 18.3 Å². The molecular formula is C27H31NO3. The highest BCUT2D eigenvalue weighted by atomic mass is 16.5. The average molecular weight is 418 g/mol. The number of aliphatic hydroxyl groups excluding tert-OH is 1. The Morgan fingerprint density at radius 3 is 2.81 bits per heavy atom. The monoisotopic (exact) mass is 417 g/mol. The summed E-state index contributed by atoms with van der Waals surface area (Å²) in [6, 6.07) is 14.6. The van der Waals surface area contributed by atoms with Crippen LogP contribution in [0.15, 0.2) is 54.6 Å². The Morgan fingerprint density at radius 1 is 1.06 bits per heavy atom. The molecule has 1 spiro atoms. The highest BCUT2D eigenvalue weighted by molar-refractivity contribution is 5.62. The van der Waals surface area contributed by atoms with Crippen molar-refractivity contribution in [3.05, 3.63) is 71.3 Å². The lowest BCUT2D eigenvalue weighted by Crippen LogP contribution is -2.66. The number of ether oxygens (including phenoxy) is 1. The highest BCUT2D eigenvalue weighted by Gasteiger charge is 2.67. The van der Waals surface area contributed by atoms with Gasteiger partial charge in [0.25, 0.3) is 0 Å². The number of rotatable bonds is 5. The summed E-state index contributed by atoms with van der Waals surface area (Å²) in [5, 5.41) is 21.4. The van der Waals surface area contributed by atoms with Gasteiger partial charge in [0.05, 0.1) is 5.41 Å². The van der Waals surface area contributed by atoms with Crippen molar-refractivity contribution in [1.29, 1.82) is 0 Å². The Hall–Kier alpha value is -2.30. The van der Waals surface area contributed by atoms with Gasteiger partial charge in [0.1, 0.15) is 12.2 Å². The van der Waals surface area contributed by atoms with Crippen LogP contribution in [0.3, 0.4) is 0 Å². The maximum absolute atomic E-state index is 10.8. The number of unbranched alkanes of at least 4 members (excludes halogenated alkanes) is 1. The molecule has 0 radical (unpaired) electrons. The fraction of sp³-hybridized carbons (Fsp3) is 0.481. The minimum Gasteiger partial charge on any atom is -0.504 e. The predicted molar refractivity (Wildman–Crippen MR) is 121 cm³/mol. The Morgan fingerprint density at radius 2 is 1.94 bits per heavy atom. The molecule has 0 bridgehead atoms. The van der Waals surface area contributed by atoms with Crippen molar-refractivity contribution in [3.8, 4) is 11.5 Å². The third kappa shape index (κ3) is 2.74. The number of aromatic hydroxyl groups is 1. The van der Waals surface area contributed by atoms with Crippen LogP contribution in [0.25, 0.3) is 0 Å². The molecule has 6 rings (SSSR count). The standard InChI is InChI=1S/C27H31NO3/c29-21-10-9-20-11-13-26-14-12-22(30)25-27(26,23(20)24(21)31-25)15-17-28(18-26)16-5-4-8-19-6-2-1-3-7-19/h1-3,6-7,9-10,12,14,22,25,29-30H,4-5,8,11,13,15-18H2/t22-,25-,26?,27?/m0/s1. The molecule has 4 heteroatoms. The van der Waals surface area contributed by atoms with Crippen molar-refractivity contribution in [3.63, 3.8) is 0 Å². The molecule has 4 atom stereocenters. The van der Waals surface area contributed by atoms with Gasteiger partial charge in [-0.25, -0.2) is 0 Å². The van der Waals surface area contributed by atoms with Crippen LogP contribution >= 0.6 is 0 Å². The molecule has 2 aliphatic heterocycles. The molecule has 31 heavy (non-hydrogen) atoms. The van der Waals surface area contributed by atoms with Gasteiger partial charge in [-0.05, 0) is 68.8 Å². The molecule has 2 aromatic rings. The molecular weight excluding hydrogens is 386 g/mol. The van der Waals surface area contributed by atoms with Gasteiger partial charge in [-0.3, -0.25) is 0 Å². The zero-order chi connectivity index (χ0) is 21.1. The van der Waals surface area contributed by atoms with Gasteiger partial charge in [0, 0.05) is 17.5 Å². The first kappa shape index (κ1) is 19.4. The number of aryl methyl sites for hydroxylation is 2. The van der Waals surface area contributed by atoms with Crippen molar-refractivity contribution in [2.24, 2.45) is 5.41 Å². The number of hydrogen-bond donors (Lipinski definition) is 2. The number of benzene rings is 2. The quantitative estimate of drug-likeness (QED) is 0.571. The van der Waals surface area contributed by atoms with Gasteiger partial charge in [0.15, 0.2) is 11.5 Å². The Bertz CT molecular complexity index is 1020. The lowest BCUT2D eigenvalue weighted by atomic mass is 9.47. The second kappa shape index (κ2) is 7.11. The van der Waals surface area contributed by atoms with Crippen LogP contribution in [0.2, 0.25) is 0 Å². The van der Waals surface area contributed by atoms with E-state index in [1.165, 1.54) is 29.5 Å². The van der Waals surface area contributed by atoms with Crippen LogP contribution in [0, 0.1) is 5.41 Å². The third-order valence-electron chi connectivity index (χ3n) is 8.41. The average Bonchev–Trinajstić information content (AvgIpc) is 3.16. The summed E-state index contributed by atoms with van der Waals surface area (Å²) in [4.78, 5) is 2.63. The van der Waals surface area contributed by atoms with E-state index < -0.39 is 6.10 Å². The van der Waals surface area contributed by atoms with E-state index in [9.17, 15) is 10.2 Å². The largest absolute Gasteiger partial charge is 0.504 e. The first-order valence-electron chi connectivity index (χ1n) is 11.8. The predicted octanol–water partition coefficient (Wildman–Crippen LogP) is 3.98. The van der Waals surface area contributed by atoms with Gasteiger partial charge in [-0.2, -0.15) is 0 Å². The maximum Gasteiger partial charge on any atom is 0.165 e. The van der Waals surface area contributed by atoms with E-state index in [2.05, 4.69) is 47.4 Å². The molecule has 1 fully saturated rings. The first-order chi connectivity index (χ1) is 15.1. The van der Waals surface area contributed by atoms with Crippen molar-refractivity contribution in [2.75, 3.05) is 19.6 Å². The molecule has 2 N–H and O–H groups in total. The number of aliphatic hydroxyl groups is 1. The van der Waals surface area contributed by atoms with Gasteiger partial charge < -0.3 is 19.8 Å². The lowest BCUT2D eigenvalue weighted by Gasteiger charge is -2.60. The van der Waals surface area contributed by atoms with E-state index >= 15 is 0 Å². The molecule has 4 aliphatic rings. The normalized spacial score (nSPS) is 32.9. The van der Waals surface area contributed by atoms with Gasteiger partial charge >= 0.3 is 0 Å². The van der Waals surface area contributed by atoms with E-state index in [-0.39, 0.29) is 22.7 Å². The number of piperidine rings is 1. The van der Waals surface area contributed by atoms with Crippen LogP contribution in [-0.4, -0.2) is 47.0 Å².